The molecule has 4 rings (SSSR count). The zero-order valence-corrected chi connectivity index (χ0v) is 17.5. The van der Waals surface area contributed by atoms with E-state index in [9.17, 15) is 0 Å². The van der Waals surface area contributed by atoms with Gasteiger partial charge in [-0.2, -0.15) is 4.98 Å². The van der Waals surface area contributed by atoms with Crippen LogP contribution in [-0.4, -0.2) is 72.6 Å². The molecule has 0 aliphatic carbocycles. The first kappa shape index (κ1) is 19.0. The van der Waals surface area contributed by atoms with Crippen molar-refractivity contribution in [3.8, 4) is 0 Å². The number of piperazine rings is 1. The summed E-state index contributed by atoms with van der Waals surface area (Å²) >= 11 is 3.39. The predicted molar refractivity (Wildman–Crippen MR) is 114 cm³/mol. The topological polar surface area (TPSA) is 61.5 Å². The lowest BCUT2D eigenvalue weighted by Crippen LogP contribution is -2.48. The fraction of sp³-hybridized carbons (Fsp3) is 0.579. The molecule has 0 amide bonds. The summed E-state index contributed by atoms with van der Waals surface area (Å²) in [6.07, 6.45) is 2.52. The first-order valence-electron chi connectivity index (χ1n) is 9.67. The normalized spacial score (nSPS) is 22.3. The highest BCUT2D eigenvalue weighted by atomic mass is 32.2. The van der Waals surface area contributed by atoms with E-state index in [1.807, 2.05) is 0 Å². The maximum Gasteiger partial charge on any atom is 0.223 e. The van der Waals surface area contributed by atoms with E-state index >= 15 is 0 Å². The molecule has 8 heteroatoms. The summed E-state index contributed by atoms with van der Waals surface area (Å²) in [5.41, 5.74) is 6.02. The average molecular weight is 405 g/mol. The van der Waals surface area contributed by atoms with Crippen LogP contribution in [-0.2, 0) is 0 Å². The van der Waals surface area contributed by atoms with Gasteiger partial charge in [0.15, 0.2) is 0 Å². The summed E-state index contributed by atoms with van der Waals surface area (Å²) in [6.45, 7) is 8.06. The summed E-state index contributed by atoms with van der Waals surface area (Å²) in [7, 11) is 2.21. The average Bonchev–Trinajstić information content (AvgIpc) is 3.16. The molecule has 2 aliphatic rings. The monoisotopic (exact) mass is 404 g/mol. The van der Waals surface area contributed by atoms with Crippen LogP contribution in [0.4, 0.5) is 11.8 Å². The second kappa shape index (κ2) is 8.77. The molecule has 1 atom stereocenters. The predicted octanol–water partition coefficient (Wildman–Crippen LogP) is 2.74. The van der Waals surface area contributed by atoms with Gasteiger partial charge in [-0.1, -0.05) is 17.8 Å². The van der Waals surface area contributed by atoms with Gasteiger partial charge in [0.2, 0.25) is 5.95 Å². The van der Waals surface area contributed by atoms with Crippen molar-refractivity contribution in [2.24, 2.45) is 5.92 Å². The molecule has 27 heavy (non-hydrogen) atoms. The highest BCUT2D eigenvalue weighted by molar-refractivity contribution is 8.01. The lowest BCUT2D eigenvalue weighted by molar-refractivity contribution is 0.131. The van der Waals surface area contributed by atoms with Crippen molar-refractivity contribution in [1.82, 2.24) is 19.8 Å². The van der Waals surface area contributed by atoms with Gasteiger partial charge < -0.3 is 20.4 Å². The molecule has 0 radical (unpaired) electrons. The SMILES string of the molecule is CN1CCN(CC2CCCN(c3cc(Sc4cccs4)nc(N)n3)C2)CC1. The van der Waals surface area contributed by atoms with Crippen molar-refractivity contribution in [2.75, 3.05) is 63.5 Å². The minimum Gasteiger partial charge on any atom is -0.368 e. The second-order valence-corrected chi connectivity index (χ2v) is 9.78. The molecule has 4 heterocycles. The van der Waals surface area contributed by atoms with E-state index in [2.05, 4.69) is 55.3 Å². The maximum absolute atomic E-state index is 6.02. The molecule has 0 aromatic carbocycles. The van der Waals surface area contributed by atoms with Crippen molar-refractivity contribution in [3.05, 3.63) is 23.6 Å². The summed E-state index contributed by atoms with van der Waals surface area (Å²) in [5, 5.41) is 3.02. The van der Waals surface area contributed by atoms with E-state index in [4.69, 9.17) is 5.73 Å². The standard InChI is InChI=1S/C19H28N6S2/c1-23-7-9-24(10-8-23)13-15-4-2-6-25(14-15)16-12-17(22-19(20)21-16)27-18-5-3-11-26-18/h3,5,11-12,15H,2,4,6-10,13-14H2,1H3,(H2,20,21,22). The molecule has 2 fully saturated rings. The van der Waals surface area contributed by atoms with Crippen LogP contribution in [0, 0.1) is 5.92 Å². The molecular weight excluding hydrogens is 376 g/mol. The van der Waals surface area contributed by atoms with Gasteiger partial charge in [-0.3, -0.25) is 0 Å². The van der Waals surface area contributed by atoms with E-state index in [-0.39, 0.29) is 0 Å². The van der Waals surface area contributed by atoms with Gasteiger partial charge in [-0.15, -0.1) is 11.3 Å². The molecule has 0 saturated carbocycles. The van der Waals surface area contributed by atoms with E-state index in [0.29, 0.717) is 11.9 Å². The largest absolute Gasteiger partial charge is 0.368 e. The van der Waals surface area contributed by atoms with Crippen LogP contribution in [0.25, 0.3) is 0 Å². The fourth-order valence-electron chi connectivity index (χ4n) is 3.89. The molecular formula is C19H28N6S2. The van der Waals surface area contributed by atoms with Gasteiger partial charge in [0.25, 0.3) is 0 Å². The first-order valence-corrected chi connectivity index (χ1v) is 11.4. The molecule has 2 aromatic heterocycles. The smallest absolute Gasteiger partial charge is 0.223 e. The summed E-state index contributed by atoms with van der Waals surface area (Å²) in [6, 6.07) is 6.27. The number of thiophene rings is 1. The zero-order valence-electron chi connectivity index (χ0n) is 15.9. The molecule has 2 aromatic rings. The Labute approximate surface area is 169 Å². The van der Waals surface area contributed by atoms with Crippen molar-refractivity contribution < 1.29 is 0 Å². The fourth-order valence-corrected chi connectivity index (χ4v) is 5.61. The number of hydrogen-bond donors (Lipinski definition) is 1. The molecule has 6 nitrogen and oxygen atoms in total. The summed E-state index contributed by atoms with van der Waals surface area (Å²) in [5.74, 6) is 2.05. The number of likely N-dealkylation sites (N-methyl/N-ethyl adjacent to an activating group) is 1. The van der Waals surface area contributed by atoms with Crippen molar-refractivity contribution in [3.63, 3.8) is 0 Å². The van der Waals surface area contributed by atoms with Gasteiger partial charge in [-0.25, -0.2) is 4.98 Å². The molecule has 2 saturated heterocycles. The Bertz CT molecular complexity index is 730. The number of piperidine rings is 1. The number of rotatable bonds is 5. The van der Waals surface area contributed by atoms with Crippen LogP contribution in [0.5, 0.6) is 0 Å². The number of hydrogen-bond acceptors (Lipinski definition) is 8. The molecule has 0 spiro atoms. The van der Waals surface area contributed by atoms with Crippen molar-refractivity contribution >= 4 is 34.9 Å². The number of anilines is 2. The second-order valence-electron chi connectivity index (χ2n) is 7.51. The summed E-state index contributed by atoms with van der Waals surface area (Å²) < 4.78 is 1.23. The van der Waals surface area contributed by atoms with Gasteiger partial charge in [0.05, 0.1) is 4.21 Å². The molecule has 0 bridgehead atoms. The van der Waals surface area contributed by atoms with Crippen LogP contribution >= 0.6 is 23.1 Å². The first-order chi connectivity index (χ1) is 13.2. The van der Waals surface area contributed by atoms with Gasteiger partial charge >= 0.3 is 0 Å². The lowest BCUT2D eigenvalue weighted by atomic mass is 9.97. The minimum absolute atomic E-state index is 0.368. The lowest BCUT2D eigenvalue weighted by Gasteiger charge is -2.39. The third kappa shape index (κ3) is 5.13. The maximum atomic E-state index is 6.02. The third-order valence-electron chi connectivity index (χ3n) is 5.36. The number of nitrogen functional groups attached to an aromatic ring is 1. The highest BCUT2D eigenvalue weighted by Gasteiger charge is 2.25. The van der Waals surface area contributed by atoms with Crippen LogP contribution in [0.1, 0.15) is 12.8 Å². The minimum atomic E-state index is 0.368. The Hall–Kier alpha value is -1.35. The Morgan fingerprint density at radius 1 is 1.22 bits per heavy atom. The van der Waals surface area contributed by atoms with E-state index < -0.39 is 0 Å². The molecule has 2 aliphatic heterocycles. The van der Waals surface area contributed by atoms with Gasteiger partial charge in [0, 0.05) is 51.9 Å². The van der Waals surface area contributed by atoms with Crippen LogP contribution in [0.3, 0.4) is 0 Å². The van der Waals surface area contributed by atoms with Crippen LogP contribution in [0.2, 0.25) is 0 Å². The van der Waals surface area contributed by atoms with Crippen molar-refractivity contribution in [1.29, 1.82) is 0 Å². The zero-order chi connectivity index (χ0) is 18.6. The van der Waals surface area contributed by atoms with Gasteiger partial charge in [0.1, 0.15) is 10.8 Å². The van der Waals surface area contributed by atoms with Crippen LogP contribution < -0.4 is 10.6 Å². The Morgan fingerprint density at radius 3 is 2.85 bits per heavy atom. The molecule has 1 unspecified atom stereocenters. The highest BCUT2D eigenvalue weighted by Crippen LogP contribution is 2.32. The quantitative estimate of drug-likeness (QED) is 0.769. The Morgan fingerprint density at radius 2 is 2.07 bits per heavy atom. The Balaban J connectivity index is 1.40. The van der Waals surface area contributed by atoms with Gasteiger partial charge in [-0.05, 0) is 37.3 Å². The number of nitrogens with zero attached hydrogens (tertiary/aromatic N) is 5. The number of aromatic nitrogens is 2. The van der Waals surface area contributed by atoms with Crippen molar-refractivity contribution in [2.45, 2.75) is 22.1 Å². The third-order valence-corrected chi connectivity index (χ3v) is 7.32. The molecule has 146 valence electrons. The van der Waals surface area contributed by atoms with E-state index in [1.165, 1.54) is 49.8 Å². The van der Waals surface area contributed by atoms with Crippen LogP contribution in [0.15, 0.2) is 32.8 Å². The molecule has 2 N–H and O–H groups in total. The number of nitrogens with two attached hydrogens (primary N) is 1. The van der Waals surface area contributed by atoms with E-state index in [0.717, 1.165) is 23.9 Å². The van der Waals surface area contributed by atoms with E-state index in [1.54, 1.807) is 23.1 Å². The summed E-state index contributed by atoms with van der Waals surface area (Å²) in [4.78, 5) is 16.4. The Kier molecular flexibility index (Phi) is 6.17.